The summed E-state index contributed by atoms with van der Waals surface area (Å²) in [6, 6.07) is 3.93. The number of hydrogen-bond donors (Lipinski definition) is 2. The van der Waals surface area contributed by atoms with Crippen molar-refractivity contribution < 1.29 is 28.2 Å². The van der Waals surface area contributed by atoms with Crippen molar-refractivity contribution in [1.29, 1.82) is 0 Å². The van der Waals surface area contributed by atoms with Crippen LogP contribution < -0.4 is 10.1 Å². The number of rotatable bonds is 8. The van der Waals surface area contributed by atoms with E-state index in [-0.39, 0.29) is 24.7 Å². The Kier molecular flexibility index (Phi) is 6.48. The maximum Gasteiger partial charge on any atom is 0.353 e. The van der Waals surface area contributed by atoms with Crippen LogP contribution in [0.5, 0.6) is 5.75 Å². The van der Waals surface area contributed by atoms with Crippen molar-refractivity contribution in [2.75, 3.05) is 6.61 Å². The lowest BCUT2D eigenvalue weighted by molar-refractivity contribution is -0.152. The first kappa shape index (κ1) is 18.9. The molecule has 2 N–H and O–H groups in total. The predicted molar refractivity (Wildman–Crippen MR) is 80.5 cm³/mol. The predicted octanol–water partition coefficient (Wildman–Crippen LogP) is 2.79. The maximum atomic E-state index is 14.4. The number of ether oxygens (including phenoxy) is 1. The van der Waals surface area contributed by atoms with Crippen molar-refractivity contribution in [2.45, 2.75) is 39.2 Å². The number of benzene rings is 1. The summed E-state index contributed by atoms with van der Waals surface area (Å²) < 4.78 is 33.9. The number of halogens is 2. The van der Waals surface area contributed by atoms with E-state index in [1.54, 1.807) is 20.8 Å². The first-order chi connectivity index (χ1) is 10.7. The molecule has 0 saturated heterocycles. The van der Waals surface area contributed by atoms with Gasteiger partial charge >= 0.3 is 11.9 Å². The Bertz CT molecular complexity index is 561. The highest BCUT2D eigenvalue weighted by Gasteiger charge is 2.44. The summed E-state index contributed by atoms with van der Waals surface area (Å²) in [5, 5.41) is 11.0. The van der Waals surface area contributed by atoms with Gasteiger partial charge in [-0.25, -0.2) is 4.79 Å². The lowest BCUT2D eigenvalue weighted by Crippen LogP contribution is -2.47. The fraction of sp³-hybridized carbons (Fsp3) is 0.500. The highest BCUT2D eigenvalue weighted by atomic mass is 19.3. The number of carboxylic acid groups (broad SMARTS) is 1. The molecule has 0 aliphatic carbocycles. The number of carboxylic acids is 1. The van der Waals surface area contributed by atoms with Crippen molar-refractivity contribution in [3.63, 3.8) is 0 Å². The Morgan fingerprint density at radius 3 is 2.43 bits per heavy atom. The Morgan fingerprint density at radius 1 is 1.30 bits per heavy atom. The van der Waals surface area contributed by atoms with Crippen molar-refractivity contribution in [3.05, 3.63) is 29.8 Å². The molecule has 0 heterocycles. The lowest BCUT2D eigenvalue weighted by Gasteiger charge is -2.22. The number of nitrogens with one attached hydrogen (secondary N) is 1. The van der Waals surface area contributed by atoms with Gasteiger partial charge in [-0.2, -0.15) is 8.78 Å². The van der Waals surface area contributed by atoms with E-state index < -0.39 is 29.4 Å². The summed E-state index contributed by atoms with van der Waals surface area (Å²) in [6.45, 7) is 5.28. The highest BCUT2D eigenvalue weighted by molar-refractivity contribution is 5.89. The number of para-hydroxylation sites is 1. The molecular formula is C16H21F2NO4. The van der Waals surface area contributed by atoms with Crippen molar-refractivity contribution in [1.82, 2.24) is 5.32 Å². The molecule has 0 radical (unpaired) electrons. The minimum absolute atomic E-state index is 0.0598. The second-order valence-electron chi connectivity index (χ2n) is 5.50. The summed E-state index contributed by atoms with van der Waals surface area (Å²) >= 11 is 0. The molecule has 0 bridgehead atoms. The van der Waals surface area contributed by atoms with E-state index in [2.05, 4.69) is 0 Å². The molecule has 0 spiro atoms. The zero-order chi connectivity index (χ0) is 17.6. The van der Waals surface area contributed by atoms with Crippen LogP contribution in [0.1, 0.15) is 32.8 Å². The molecule has 1 atom stereocenters. The van der Waals surface area contributed by atoms with Gasteiger partial charge in [0.2, 0.25) is 0 Å². The zero-order valence-corrected chi connectivity index (χ0v) is 13.3. The fourth-order valence-corrected chi connectivity index (χ4v) is 2.07. The van der Waals surface area contributed by atoms with Gasteiger partial charge in [0.1, 0.15) is 11.8 Å². The third kappa shape index (κ3) is 4.91. The SMILES string of the molecule is CCOc1ccccc1C(F)(F)C(=O)NC(CC(C)C)C(=O)O. The largest absolute Gasteiger partial charge is 0.493 e. The molecule has 23 heavy (non-hydrogen) atoms. The van der Waals surface area contributed by atoms with Gasteiger partial charge in [-0.3, -0.25) is 4.79 Å². The van der Waals surface area contributed by atoms with Crippen LogP contribution in [0.25, 0.3) is 0 Å². The monoisotopic (exact) mass is 329 g/mol. The van der Waals surface area contributed by atoms with Crippen LogP contribution >= 0.6 is 0 Å². The molecule has 1 unspecified atom stereocenters. The minimum Gasteiger partial charge on any atom is -0.493 e. The number of hydrogen-bond acceptors (Lipinski definition) is 3. The minimum atomic E-state index is -3.89. The van der Waals surface area contributed by atoms with E-state index in [0.717, 1.165) is 6.07 Å². The molecule has 0 saturated carbocycles. The summed E-state index contributed by atoms with van der Waals surface area (Å²) in [5.74, 6) is -7.07. The van der Waals surface area contributed by atoms with E-state index in [0.29, 0.717) is 0 Å². The first-order valence-corrected chi connectivity index (χ1v) is 7.34. The standard InChI is InChI=1S/C16H21F2NO4/c1-4-23-13-8-6-5-7-11(13)16(17,18)15(22)19-12(14(20)21)9-10(2)3/h5-8,10,12H,4,9H2,1-3H3,(H,19,22)(H,20,21). The van der Waals surface area contributed by atoms with Crippen LogP contribution in [0.15, 0.2) is 24.3 Å². The van der Waals surface area contributed by atoms with Crippen LogP contribution in [-0.2, 0) is 15.5 Å². The molecule has 0 fully saturated rings. The number of aliphatic carboxylic acids is 1. The fourth-order valence-electron chi connectivity index (χ4n) is 2.07. The van der Waals surface area contributed by atoms with Crippen LogP contribution in [-0.4, -0.2) is 29.6 Å². The summed E-state index contributed by atoms with van der Waals surface area (Å²) in [6.07, 6.45) is 0.0598. The first-order valence-electron chi connectivity index (χ1n) is 7.34. The van der Waals surface area contributed by atoms with Gasteiger partial charge in [0, 0.05) is 0 Å². The molecular weight excluding hydrogens is 308 g/mol. The summed E-state index contributed by atoms with van der Waals surface area (Å²) in [7, 11) is 0. The maximum absolute atomic E-state index is 14.4. The van der Waals surface area contributed by atoms with Crippen LogP contribution in [0.4, 0.5) is 8.78 Å². The molecule has 128 valence electrons. The lowest BCUT2D eigenvalue weighted by atomic mass is 10.0. The Labute approximate surface area is 133 Å². The van der Waals surface area contributed by atoms with Gasteiger partial charge < -0.3 is 15.2 Å². The van der Waals surface area contributed by atoms with E-state index in [1.807, 2.05) is 5.32 Å². The molecule has 7 heteroatoms. The van der Waals surface area contributed by atoms with E-state index in [4.69, 9.17) is 9.84 Å². The normalized spacial score (nSPS) is 12.8. The van der Waals surface area contributed by atoms with Gasteiger partial charge in [0.15, 0.2) is 0 Å². The van der Waals surface area contributed by atoms with Crippen molar-refractivity contribution in [3.8, 4) is 5.75 Å². The smallest absolute Gasteiger partial charge is 0.353 e. The average Bonchev–Trinajstić information content (AvgIpc) is 2.46. The Balaban J connectivity index is 3.02. The molecule has 1 aromatic rings. The Hall–Kier alpha value is -2.18. The van der Waals surface area contributed by atoms with Gasteiger partial charge in [0.05, 0.1) is 12.2 Å². The van der Waals surface area contributed by atoms with Gasteiger partial charge in [0.25, 0.3) is 5.91 Å². The summed E-state index contributed by atoms with van der Waals surface area (Å²) in [5.41, 5.74) is -0.590. The van der Waals surface area contributed by atoms with Crippen LogP contribution in [0.2, 0.25) is 0 Å². The number of alkyl halides is 2. The van der Waals surface area contributed by atoms with Gasteiger partial charge in [-0.15, -0.1) is 0 Å². The average molecular weight is 329 g/mol. The quantitative estimate of drug-likeness (QED) is 0.769. The third-order valence-corrected chi connectivity index (χ3v) is 3.12. The highest BCUT2D eigenvalue weighted by Crippen LogP contribution is 2.35. The van der Waals surface area contributed by atoms with E-state index in [9.17, 15) is 18.4 Å². The molecule has 0 aliphatic heterocycles. The molecule has 5 nitrogen and oxygen atoms in total. The second-order valence-corrected chi connectivity index (χ2v) is 5.50. The topological polar surface area (TPSA) is 75.6 Å². The van der Waals surface area contributed by atoms with Crippen molar-refractivity contribution in [2.24, 2.45) is 5.92 Å². The molecule has 1 amide bonds. The molecule has 1 aromatic carbocycles. The molecule has 0 aliphatic rings. The summed E-state index contributed by atoms with van der Waals surface area (Å²) in [4.78, 5) is 23.1. The second kappa shape index (κ2) is 7.89. The van der Waals surface area contributed by atoms with Gasteiger partial charge in [-0.1, -0.05) is 26.0 Å². The third-order valence-electron chi connectivity index (χ3n) is 3.12. The number of carbonyl (C=O) groups excluding carboxylic acids is 1. The molecule has 0 aromatic heterocycles. The Morgan fingerprint density at radius 2 is 1.91 bits per heavy atom. The number of amides is 1. The zero-order valence-electron chi connectivity index (χ0n) is 13.3. The van der Waals surface area contributed by atoms with Crippen LogP contribution in [0, 0.1) is 5.92 Å². The number of carbonyl (C=O) groups is 2. The van der Waals surface area contributed by atoms with E-state index >= 15 is 0 Å². The van der Waals surface area contributed by atoms with E-state index in [1.165, 1.54) is 18.2 Å². The van der Waals surface area contributed by atoms with Gasteiger partial charge in [-0.05, 0) is 31.4 Å². The van der Waals surface area contributed by atoms with Crippen LogP contribution in [0.3, 0.4) is 0 Å². The van der Waals surface area contributed by atoms with Crippen molar-refractivity contribution >= 4 is 11.9 Å². The molecule has 1 rings (SSSR count).